The number of rotatable bonds is 8. The summed E-state index contributed by atoms with van der Waals surface area (Å²) < 4.78 is 20.4. The first-order chi connectivity index (χ1) is 6.74. The lowest BCUT2D eigenvalue weighted by molar-refractivity contribution is -0.134. The third-order valence-electron chi connectivity index (χ3n) is 2.12. The molecule has 86 valence electrons. The zero-order valence-electron chi connectivity index (χ0n) is 9.23. The van der Waals surface area contributed by atoms with Crippen molar-refractivity contribution in [3.8, 4) is 0 Å². The molecule has 0 aromatic heterocycles. The highest BCUT2D eigenvalue weighted by Crippen LogP contribution is 2.10. The normalized spacial score (nSPS) is 17.8. The Balaban J connectivity index is 4.31. The predicted octanol–water partition coefficient (Wildman–Crippen LogP) is -0.330. The maximum absolute atomic E-state index is 9.04. The summed E-state index contributed by atoms with van der Waals surface area (Å²) in [6, 6.07) is 0. The molecular formula is C9H20O5. The highest BCUT2D eigenvalue weighted by Gasteiger charge is 2.29. The van der Waals surface area contributed by atoms with Crippen molar-refractivity contribution in [2.75, 3.05) is 41.7 Å². The van der Waals surface area contributed by atoms with E-state index in [1.54, 1.807) is 21.3 Å². The summed E-state index contributed by atoms with van der Waals surface area (Å²) in [6.45, 7) is 0.285. The van der Waals surface area contributed by atoms with Crippen LogP contribution in [0, 0.1) is 0 Å². The van der Waals surface area contributed by atoms with Crippen molar-refractivity contribution in [3.63, 3.8) is 0 Å². The van der Waals surface area contributed by atoms with Crippen LogP contribution in [0.2, 0.25) is 0 Å². The zero-order valence-corrected chi connectivity index (χ0v) is 9.23. The Bertz CT molecular complexity index is 126. The molecule has 14 heavy (non-hydrogen) atoms. The Morgan fingerprint density at radius 3 is 1.79 bits per heavy atom. The molecule has 0 aliphatic rings. The van der Waals surface area contributed by atoms with Gasteiger partial charge in [0.2, 0.25) is 0 Å². The van der Waals surface area contributed by atoms with Gasteiger partial charge in [0.15, 0.2) is 0 Å². The third-order valence-corrected chi connectivity index (χ3v) is 2.12. The molecule has 0 rings (SSSR count). The Kier molecular flexibility index (Phi) is 8.02. The van der Waals surface area contributed by atoms with Crippen molar-refractivity contribution >= 4 is 0 Å². The molecule has 0 saturated heterocycles. The van der Waals surface area contributed by atoms with Crippen LogP contribution < -0.4 is 0 Å². The lowest BCUT2D eigenvalue weighted by Gasteiger charge is -2.29. The van der Waals surface area contributed by atoms with Crippen LogP contribution in [0.15, 0.2) is 0 Å². The molecule has 5 nitrogen and oxygen atoms in total. The van der Waals surface area contributed by atoms with E-state index in [2.05, 4.69) is 0 Å². The predicted molar refractivity (Wildman–Crippen MR) is 51.4 cm³/mol. The highest BCUT2D eigenvalue weighted by molar-refractivity contribution is 4.78. The third kappa shape index (κ3) is 3.89. The summed E-state index contributed by atoms with van der Waals surface area (Å²) >= 11 is 0. The lowest BCUT2D eigenvalue weighted by atomic mass is 10.1. The fourth-order valence-corrected chi connectivity index (χ4v) is 1.32. The number of hydrogen-bond donors (Lipinski definition) is 1. The van der Waals surface area contributed by atoms with Crippen molar-refractivity contribution in [1.82, 2.24) is 0 Å². The molecular weight excluding hydrogens is 188 g/mol. The standard InChI is InChI=1S/C9H20O5/c1-11-6-8(13-3)9(14-4)7(5-10)12-2/h7-10H,5-6H2,1-4H3. The summed E-state index contributed by atoms with van der Waals surface area (Å²) in [5.41, 5.74) is 0. The van der Waals surface area contributed by atoms with Crippen molar-refractivity contribution < 1.29 is 24.1 Å². The number of hydrogen-bond acceptors (Lipinski definition) is 5. The van der Waals surface area contributed by atoms with Gasteiger partial charge in [0.1, 0.15) is 18.3 Å². The second kappa shape index (κ2) is 8.14. The molecule has 3 unspecified atom stereocenters. The van der Waals surface area contributed by atoms with Crippen LogP contribution in [0.4, 0.5) is 0 Å². The van der Waals surface area contributed by atoms with Gasteiger partial charge < -0.3 is 24.1 Å². The molecule has 0 aromatic carbocycles. The molecule has 5 heteroatoms. The minimum Gasteiger partial charge on any atom is -0.394 e. The van der Waals surface area contributed by atoms with E-state index in [0.29, 0.717) is 6.61 Å². The first kappa shape index (κ1) is 13.8. The van der Waals surface area contributed by atoms with Gasteiger partial charge in [0.05, 0.1) is 13.2 Å². The lowest BCUT2D eigenvalue weighted by Crippen LogP contribution is -2.45. The maximum atomic E-state index is 9.04. The monoisotopic (exact) mass is 208 g/mol. The van der Waals surface area contributed by atoms with Crippen LogP contribution in [0.1, 0.15) is 0 Å². The van der Waals surface area contributed by atoms with Gasteiger partial charge in [0.25, 0.3) is 0 Å². The topological polar surface area (TPSA) is 57.2 Å². The van der Waals surface area contributed by atoms with Gasteiger partial charge in [0, 0.05) is 28.4 Å². The zero-order chi connectivity index (χ0) is 11.0. The van der Waals surface area contributed by atoms with E-state index in [-0.39, 0.29) is 18.8 Å². The molecule has 0 fully saturated rings. The van der Waals surface area contributed by atoms with Gasteiger partial charge in [-0.3, -0.25) is 0 Å². The van der Waals surface area contributed by atoms with Gasteiger partial charge in [-0.05, 0) is 0 Å². The molecule has 0 saturated carbocycles. The number of aliphatic hydroxyl groups is 1. The van der Waals surface area contributed by atoms with E-state index in [1.165, 1.54) is 7.11 Å². The van der Waals surface area contributed by atoms with Crippen molar-refractivity contribution in [2.45, 2.75) is 18.3 Å². The molecule has 0 aliphatic carbocycles. The molecule has 0 amide bonds. The van der Waals surface area contributed by atoms with Crippen molar-refractivity contribution in [3.05, 3.63) is 0 Å². The molecule has 0 aromatic rings. The molecule has 0 heterocycles. The summed E-state index contributed by atoms with van der Waals surface area (Å²) in [5, 5.41) is 9.04. The molecule has 0 bridgehead atoms. The first-order valence-electron chi connectivity index (χ1n) is 4.43. The minimum atomic E-state index is -0.403. The Hall–Kier alpha value is -0.200. The van der Waals surface area contributed by atoms with Crippen LogP contribution >= 0.6 is 0 Å². The Morgan fingerprint density at radius 2 is 1.50 bits per heavy atom. The van der Waals surface area contributed by atoms with E-state index >= 15 is 0 Å². The van der Waals surface area contributed by atoms with E-state index in [9.17, 15) is 0 Å². The van der Waals surface area contributed by atoms with Gasteiger partial charge in [-0.2, -0.15) is 0 Å². The Morgan fingerprint density at radius 1 is 0.929 bits per heavy atom. The minimum absolute atomic E-state index is 0.113. The van der Waals surface area contributed by atoms with E-state index in [0.717, 1.165) is 0 Å². The molecule has 0 radical (unpaired) electrons. The van der Waals surface area contributed by atoms with Gasteiger partial charge in [-0.15, -0.1) is 0 Å². The second-order valence-corrected chi connectivity index (χ2v) is 2.89. The average Bonchev–Trinajstić information content (AvgIpc) is 2.23. The van der Waals surface area contributed by atoms with Crippen LogP contribution in [-0.4, -0.2) is 65.1 Å². The molecule has 3 atom stereocenters. The smallest absolute Gasteiger partial charge is 0.114 e. The first-order valence-corrected chi connectivity index (χ1v) is 4.43. The molecule has 1 N–H and O–H groups in total. The fourth-order valence-electron chi connectivity index (χ4n) is 1.32. The number of aliphatic hydroxyl groups excluding tert-OH is 1. The largest absolute Gasteiger partial charge is 0.394 e. The van der Waals surface area contributed by atoms with Crippen LogP contribution in [0.25, 0.3) is 0 Å². The SMILES string of the molecule is COCC(OC)C(OC)C(CO)OC. The highest BCUT2D eigenvalue weighted by atomic mass is 16.6. The van der Waals surface area contributed by atoms with Crippen molar-refractivity contribution in [2.24, 2.45) is 0 Å². The quantitative estimate of drug-likeness (QED) is 0.592. The second-order valence-electron chi connectivity index (χ2n) is 2.89. The van der Waals surface area contributed by atoms with Gasteiger partial charge in [-0.25, -0.2) is 0 Å². The maximum Gasteiger partial charge on any atom is 0.114 e. The van der Waals surface area contributed by atoms with Crippen LogP contribution in [0.5, 0.6) is 0 Å². The molecule has 0 spiro atoms. The number of methoxy groups -OCH3 is 4. The summed E-state index contributed by atoms with van der Waals surface area (Å²) in [7, 11) is 6.22. The van der Waals surface area contributed by atoms with E-state index in [4.69, 9.17) is 24.1 Å². The summed E-state index contributed by atoms with van der Waals surface area (Å²) in [6.07, 6.45) is -0.989. The Labute approximate surface area is 84.9 Å². The fraction of sp³-hybridized carbons (Fsp3) is 1.00. The van der Waals surface area contributed by atoms with Crippen LogP contribution in [0.3, 0.4) is 0 Å². The summed E-state index contributed by atoms with van der Waals surface area (Å²) in [5.74, 6) is 0. The van der Waals surface area contributed by atoms with Gasteiger partial charge >= 0.3 is 0 Å². The van der Waals surface area contributed by atoms with E-state index in [1.807, 2.05) is 0 Å². The summed E-state index contributed by atoms with van der Waals surface area (Å²) in [4.78, 5) is 0. The van der Waals surface area contributed by atoms with Gasteiger partial charge in [-0.1, -0.05) is 0 Å². The molecule has 0 aliphatic heterocycles. The number of ether oxygens (including phenoxy) is 4. The van der Waals surface area contributed by atoms with E-state index < -0.39 is 6.10 Å². The van der Waals surface area contributed by atoms with Crippen LogP contribution in [-0.2, 0) is 18.9 Å². The van der Waals surface area contributed by atoms with Crippen molar-refractivity contribution in [1.29, 1.82) is 0 Å². The average molecular weight is 208 g/mol.